The summed E-state index contributed by atoms with van der Waals surface area (Å²) in [5.74, 6) is -0.164. The minimum absolute atomic E-state index is 0.164. The van der Waals surface area contributed by atoms with Crippen molar-refractivity contribution in [1.82, 2.24) is 4.90 Å². The molecule has 2 amide bonds. The third-order valence-electron chi connectivity index (χ3n) is 4.98. The van der Waals surface area contributed by atoms with Gasteiger partial charge in [-0.2, -0.15) is 0 Å². The van der Waals surface area contributed by atoms with Crippen LogP contribution in [0, 0.1) is 0 Å². The number of fused-ring (bicyclic) bond motifs is 1. The average Bonchev–Trinajstić information content (AvgIpc) is 2.72. The number of nitrogens with zero attached hydrogens (tertiary/aromatic N) is 2. The molecule has 3 rings (SSSR count). The second kappa shape index (κ2) is 9.21. The van der Waals surface area contributed by atoms with E-state index in [2.05, 4.69) is 0 Å². The Balaban J connectivity index is 1.92. The molecule has 0 unspecified atom stereocenters. The normalized spacial score (nSPS) is 12.3. The highest BCUT2D eigenvalue weighted by Gasteiger charge is 2.33. The molecule has 0 heterocycles. The molecular weight excluding hydrogens is 388 g/mol. The van der Waals surface area contributed by atoms with Crippen LogP contribution in [-0.4, -0.2) is 35.6 Å². The average molecular weight is 419 g/mol. The van der Waals surface area contributed by atoms with Gasteiger partial charge in [-0.05, 0) is 56.2 Å². The van der Waals surface area contributed by atoms with Gasteiger partial charge in [-0.25, -0.2) is 4.79 Å². The summed E-state index contributed by atoms with van der Waals surface area (Å²) in [6.07, 6.45) is -0.545. The highest BCUT2D eigenvalue weighted by molar-refractivity contribution is 5.99. The third-order valence-corrected chi connectivity index (χ3v) is 4.98. The number of ether oxygens (including phenoxy) is 1. The summed E-state index contributed by atoms with van der Waals surface area (Å²) >= 11 is 0. The summed E-state index contributed by atoms with van der Waals surface area (Å²) in [4.78, 5) is 29.5. The molecule has 0 radical (unpaired) electrons. The molecule has 0 aliphatic rings. The molecule has 3 aromatic carbocycles. The van der Waals surface area contributed by atoms with Crippen molar-refractivity contribution in [3.63, 3.8) is 0 Å². The Hall–Kier alpha value is -3.34. The number of hydrogen-bond donors (Lipinski definition) is 0. The SMILES string of the molecule is C[C@@H](C(=O)N(C)Cc1ccccc1)N(C(=O)OC(C)(C)C)c1ccc2ccccc2c1. The fraction of sp³-hybridized carbons (Fsp3) is 0.308. The van der Waals surface area contributed by atoms with Gasteiger partial charge in [-0.15, -0.1) is 0 Å². The molecule has 0 fully saturated rings. The van der Waals surface area contributed by atoms with E-state index in [0.717, 1.165) is 16.3 Å². The Morgan fingerprint density at radius 3 is 2.16 bits per heavy atom. The molecule has 5 heteroatoms. The van der Waals surface area contributed by atoms with Gasteiger partial charge in [0.1, 0.15) is 11.6 Å². The number of rotatable bonds is 5. The molecule has 0 aromatic heterocycles. The van der Waals surface area contributed by atoms with Crippen LogP contribution in [0.5, 0.6) is 0 Å². The molecule has 0 saturated carbocycles. The summed E-state index contributed by atoms with van der Waals surface area (Å²) < 4.78 is 5.65. The second-order valence-corrected chi connectivity index (χ2v) is 8.74. The standard InChI is InChI=1S/C26H30N2O3/c1-19(24(29)27(5)18-20-11-7-6-8-12-20)28(25(30)31-26(2,3)4)23-16-15-21-13-9-10-14-22(21)17-23/h6-17,19H,18H2,1-5H3/t19-/m0/s1. The van der Waals surface area contributed by atoms with Crippen LogP contribution in [0.4, 0.5) is 10.5 Å². The van der Waals surface area contributed by atoms with Crippen molar-refractivity contribution in [1.29, 1.82) is 0 Å². The number of amides is 2. The first-order valence-corrected chi connectivity index (χ1v) is 10.5. The van der Waals surface area contributed by atoms with E-state index in [1.54, 1.807) is 18.9 Å². The van der Waals surface area contributed by atoms with Crippen molar-refractivity contribution in [3.8, 4) is 0 Å². The van der Waals surface area contributed by atoms with Crippen molar-refractivity contribution in [2.75, 3.05) is 11.9 Å². The van der Waals surface area contributed by atoms with E-state index in [1.807, 2.05) is 93.6 Å². The molecule has 3 aromatic rings. The van der Waals surface area contributed by atoms with Crippen LogP contribution in [0.15, 0.2) is 72.8 Å². The van der Waals surface area contributed by atoms with Crippen molar-refractivity contribution in [3.05, 3.63) is 78.4 Å². The summed E-state index contributed by atoms with van der Waals surface area (Å²) in [5, 5.41) is 2.06. The zero-order chi connectivity index (χ0) is 22.6. The van der Waals surface area contributed by atoms with Crippen molar-refractivity contribution >= 4 is 28.5 Å². The van der Waals surface area contributed by atoms with Crippen LogP contribution in [0.3, 0.4) is 0 Å². The Bertz CT molecular complexity index is 1060. The zero-order valence-electron chi connectivity index (χ0n) is 18.8. The lowest BCUT2D eigenvalue weighted by Gasteiger charge is -2.33. The Labute approximate surface area is 184 Å². The lowest BCUT2D eigenvalue weighted by molar-refractivity contribution is -0.131. The van der Waals surface area contributed by atoms with Crippen LogP contribution in [0.2, 0.25) is 0 Å². The minimum Gasteiger partial charge on any atom is -0.443 e. The number of carbonyl (C=O) groups excluding carboxylic acids is 2. The van der Waals surface area contributed by atoms with Gasteiger partial charge < -0.3 is 9.64 Å². The molecule has 162 valence electrons. The van der Waals surface area contributed by atoms with Gasteiger partial charge in [0.25, 0.3) is 0 Å². The molecule has 31 heavy (non-hydrogen) atoms. The number of hydrogen-bond acceptors (Lipinski definition) is 3. The molecule has 0 spiro atoms. The van der Waals surface area contributed by atoms with E-state index < -0.39 is 17.7 Å². The van der Waals surface area contributed by atoms with Gasteiger partial charge in [-0.3, -0.25) is 9.69 Å². The predicted molar refractivity (Wildman–Crippen MR) is 125 cm³/mol. The fourth-order valence-corrected chi connectivity index (χ4v) is 3.49. The number of carbonyl (C=O) groups is 2. The number of likely N-dealkylation sites (N-methyl/N-ethyl adjacent to an activating group) is 1. The summed E-state index contributed by atoms with van der Waals surface area (Å²) in [7, 11) is 1.75. The molecule has 0 saturated heterocycles. The van der Waals surface area contributed by atoms with Gasteiger partial charge in [-0.1, -0.05) is 60.7 Å². The maximum atomic E-state index is 13.3. The first-order chi connectivity index (χ1) is 14.7. The van der Waals surface area contributed by atoms with Crippen LogP contribution >= 0.6 is 0 Å². The van der Waals surface area contributed by atoms with Gasteiger partial charge in [0.2, 0.25) is 5.91 Å². The Morgan fingerprint density at radius 2 is 1.52 bits per heavy atom. The van der Waals surface area contributed by atoms with Crippen LogP contribution in [0.25, 0.3) is 10.8 Å². The zero-order valence-corrected chi connectivity index (χ0v) is 18.8. The van der Waals surface area contributed by atoms with Gasteiger partial charge in [0.15, 0.2) is 0 Å². The monoisotopic (exact) mass is 418 g/mol. The van der Waals surface area contributed by atoms with Gasteiger partial charge in [0.05, 0.1) is 0 Å². The first-order valence-electron chi connectivity index (χ1n) is 10.5. The third kappa shape index (κ3) is 5.63. The minimum atomic E-state index is -0.732. The predicted octanol–water partition coefficient (Wildman–Crippen LogP) is 5.63. The molecular formula is C26H30N2O3. The number of anilines is 1. The second-order valence-electron chi connectivity index (χ2n) is 8.74. The largest absolute Gasteiger partial charge is 0.443 e. The molecule has 1 atom stereocenters. The van der Waals surface area contributed by atoms with Crippen LogP contribution in [-0.2, 0) is 16.1 Å². The van der Waals surface area contributed by atoms with Gasteiger partial charge in [0, 0.05) is 19.3 Å². The molecule has 0 bridgehead atoms. The van der Waals surface area contributed by atoms with E-state index >= 15 is 0 Å². The van der Waals surface area contributed by atoms with Crippen molar-refractivity contribution < 1.29 is 14.3 Å². The topological polar surface area (TPSA) is 49.9 Å². The van der Waals surface area contributed by atoms with E-state index in [-0.39, 0.29) is 5.91 Å². The fourth-order valence-electron chi connectivity index (χ4n) is 3.49. The Kier molecular flexibility index (Phi) is 6.64. The van der Waals surface area contributed by atoms with Crippen LogP contribution in [0.1, 0.15) is 33.3 Å². The number of benzene rings is 3. The van der Waals surface area contributed by atoms with E-state index in [9.17, 15) is 9.59 Å². The quantitative estimate of drug-likeness (QED) is 0.540. The molecule has 0 aliphatic carbocycles. The molecule has 0 N–H and O–H groups in total. The smallest absolute Gasteiger partial charge is 0.415 e. The Morgan fingerprint density at radius 1 is 0.903 bits per heavy atom. The van der Waals surface area contributed by atoms with E-state index in [4.69, 9.17) is 4.74 Å². The van der Waals surface area contributed by atoms with Crippen LogP contribution < -0.4 is 4.90 Å². The first kappa shape index (κ1) is 22.3. The maximum Gasteiger partial charge on any atom is 0.415 e. The highest BCUT2D eigenvalue weighted by atomic mass is 16.6. The van der Waals surface area contributed by atoms with Crippen molar-refractivity contribution in [2.45, 2.75) is 45.9 Å². The molecule has 0 aliphatic heterocycles. The van der Waals surface area contributed by atoms with E-state index in [0.29, 0.717) is 12.2 Å². The lowest BCUT2D eigenvalue weighted by atomic mass is 10.1. The maximum absolute atomic E-state index is 13.3. The highest BCUT2D eigenvalue weighted by Crippen LogP contribution is 2.26. The van der Waals surface area contributed by atoms with Crippen molar-refractivity contribution in [2.24, 2.45) is 0 Å². The lowest BCUT2D eigenvalue weighted by Crippen LogP contribution is -2.50. The summed E-state index contributed by atoms with van der Waals surface area (Å²) in [6, 6.07) is 22.7. The van der Waals surface area contributed by atoms with Gasteiger partial charge >= 0.3 is 6.09 Å². The molecule has 5 nitrogen and oxygen atoms in total. The van der Waals surface area contributed by atoms with E-state index in [1.165, 1.54) is 4.90 Å². The summed E-state index contributed by atoms with van der Waals surface area (Å²) in [6.45, 7) is 7.65. The summed E-state index contributed by atoms with van der Waals surface area (Å²) in [5.41, 5.74) is 0.979.